The molecule has 0 aromatic heterocycles. The van der Waals surface area contributed by atoms with Gasteiger partial charge in [0, 0.05) is 6.04 Å². The van der Waals surface area contributed by atoms with Crippen LogP contribution in [-0.4, -0.2) is 18.1 Å². The average molecular weight is 257 g/mol. The van der Waals surface area contributed by atoms with Crippen LogP contribution in [0.2, 0.25) is 0 Å². The van der Waals surface area contributed by atoms with E-state index in [1.54, 1.807) is 0 Å². The summed E-state index contributed by atoms with van der Waals surface area (Å²) in [6.45, 7) is 16.0. The van der Waals surface area contributed by atoms with Crippen molar-refractivity contribution in [3.8, 4) is 0 Å². The monoisotopic (exact) mass is 257 g/mol. The van der Waals surface area contributed by atoms with Crippen LogP contribution in [0, 0.1) is 16.7 Å². The van der Waals surface area contributed by atoms with E-state index in [0.717, 1.165) is 6.42 Å². The molecule has 0 aromatic rings. The third-order valence-corrected chi connectivity index (χ3v) is 3.41. The molecule has 0 aliphatic carbocycles. The Labute approximate surface area is 112 Å². The van der Waals surface area contributed by atoms with Gasteiger partial charge in [-0.05, 0) is 38.5 Å². The predicted octanol–water partition coefficient (Wildman–Crippen LogP) is 3.36. The second kappa shape index (κ2) is 6.05. The first-order valence-electron chi connectivity index (χ1n) is 6.88. The van der Waals surface area contributed by atoms with Crippen LogP contribution >= 0.6 is 0 Å². The van der Waals surface area contributed by atoms with Gasteiger partial charge in [0.25, 0.3) is 0 Å². The highest BCUT2D eigenvalue weighted by Gasteiger charge is 2.36. The quantitative estimate of drug-likeness (QED) is 0.786. The van der Waals surface area contributed by atoms with E-state index in [1.165, 1.54) is 0 Å². The predicted molar refractivity (Wildman–Crippen MR) is 76.2 cm³/mol. The average Bonchev–Trinajstić information content (AvgIpc) is 2.20. The third kappa shape index (κ3) is 4.97. The largest absolute Gasteiger partial charge is 0.460 e. The maximum absolute atomic E-state index is 12.0. The van der Waals surface area contributed by atoms with E-state index in [9.17, 15) is 4.79 Å². The number of rotatable bonds is 4. The Morgan fingerprint density at radius 3 is 1.89 bits per heavy atom. The van der Waals surface area contributed by atoms with Crippen LogP contribution < -0.4 is 5.73 Å². The number of ether oxygens (including phenoxy) is 1. The lowest BCUT2D eigenvalue weighted by Gasteiger charge is -2.37. The fraction of sp³-hybridized carbons (Fsp3) is 0.933. The number of esters is 1. The van der Waals surface area contributed by atoms with Gasteiger partial charge in [0.05, 0.1) is 5.41 Å². The smallest absolute Gasteiger partial charge is 0.311 e. The Morgan fingerprint density at radius 1 is 1.17 bits per heavy atom. The Bertz CT molecular complexity index is 273. The second-order valence-corrected chi connectivity index (χ2v) is 7.40. The van der Waals surface area contributed by atoms with Gasteiger partial charge in [-0.25, -0.2) is 0 Å². The van der Waals surface area contributed by atoms with E-state index in [0.29, 0.717) is 0 Å². The van der Waals surface area contributed by atoms with Crippen LogP contribution in [0.1, 0.15) is 61.8 Å². The zero-order valence-corrected chi connectivity index (χ0v) is 13.3. The molecule has 3 atom stereocenters. The molecule has 0 bridgehead atoms. The maximum atomic E-state index is 12.0. The van der Waals surface area contributed by atoms with Gasteiger partial charge < -0.3 is 10.5 Å². The van der Waals surface area contributed by atoms with Crippen LogP contribution in [0.25, 0.3) is 0 Å². The summed E-state index contributed by atoms with van der Waals surface area (Å²) in [6, 6.07) is -0.154. The SMILES string of the molecule is CCC(C)C(OC(=O)C(C)(C)C)C(N)C(C)(C)C. The third-order valence-electron chi connectivity index (χ3n) is 3.41. The molecule has 0 spiro atoms. The number of carbonyl (C=O) groups excluding carboxylic acids is 1. The van der Waals surface area contributed by atoms with Crippen molar-refractivity contribution in [1.29, 1.82) is 0 Å². The molecular weight excluding hydrogens is 226 g/mol. The zero-order chi connectivity index (χ0) is 14.7. The summed E-state index contributed by atoms with van der Waals surface area (Å²) in [5, 5.41) is 0. The van der Waals surface area contributed by atoms with Crippen LogP contribution in [0.3, 0.4) is 0 Å². The Kier molecular flexibility index (Phi) is 5.86. The van der Waals surface area contributed by atoms with Gasteiger partial charge in [-0.3, -0.25) is 4.79 Å². The second-order valence-electron chi connectivity index (χ2n) is 7.40. The molecule has 18 heavy (non-hydrogen) atoms. The Balaban J connectivity index is 4.98. The highest BCUT2D eigenvalue weighted by molar-refractivity contribution is 5.75. The van der Waals surface area contributed by atoms with Gasteiger partial charge in [-0.1, -0.05) is 34.6 Å². The minimum absolute atomic E-state index is 0.0771. The van der Waals surface area contributed by atoms with E-state index in [-0.39, 0.29) is 29.4 Å². The molecule has 0 aliphatic heterocycles. The fourth-order valence-electron chi connectivity index (χ4n) is 1.57. The minimum Gasteiger partial charge on any atom is -0.460 e. The summed E-state index contributed by atoms with van der Waals surface area (Å²) in [4.78, 5) is 12.0. The topological polar surface area (TPSA) is 52.3 Å². The first-order chi connectivity index (χ1) is 7.91. The van der Waals surface area contributed by atoms with Gasteiger partial charge in [-0.2, -0.15) is 0 Å². The summed E-state index contributed by atoms with van der Waals surface area (Å²) in [6.07, 6.45) is 0.730. The highest BCUT2D eigenvalue weighted by atomic mass is 16.5. The Morgan fingerprint density at radius 2 is 1.61 bits per heavy atom. The maximum Gasteiger partial charge on any atom is 0.311 e. The molecule has 0 saturated carbocycles. The lowest BCUT2D eigenvalue weighted by molar-refractivity contribution is -0.164. The number of hydrogen-bond donors (Lipinski definition) is 1. The summed E-state index contributed by atoms with van der Waals surface area (Å²) < 4.78 is 5.69. The van der Waals surface area contributed by atoms with Crippen LogP contribution in [-0.2, 0) is 9.53 Å². The highest BCUT2D eigenvalue weighted by Crippen LogP contribution is 2.28. The zero-order valence-electron chi connectivity index (χ0n) is 13.3. The number of nitrogens with two attached hydrogens (primary N) is 1. The van der Waals surface area contributed by atoms with E-state index in [4.69, 9.17) is 10.5 Å². The molecular formula is C15H31NO2. The summed E-state index contributed by atoms with van der Waals surface area (Å²) in [5.41, 5.74) is 5.73. The molecule has 3 nitrogen and oxygen atoms in total. The van der Waals surface area contributed by atoms with E-state index >= 15 is 0 Å². The molecule has 3 unspecified atom stereocenters. The summed E-state index contributed by atoms with van der Waals surface area (Å²) in [7, 11) is 0. The fourth-order valence-corrected chi connectivity index (χ4v) is 1.57. The number of hydrogen-bond acceptors (Lipinski definition) is 3. The molecule has 0 fully saturated rings. The van der Waals surface area contributed by atoms with Crippen LogP contribution in [0.4, 0.5) is 0 Å². The summed E-state index contributed by atoms with van der Waals surface area (Å²) >= 11 is 0. The van der Waals surface area contributed by atoms with Crippen LogP contribution in [0.5, 0.6) is 0 Å². The first-order valence-corrected chi connectivity index (χ1v) is 6.88. The van der Waals surface area contributed by atoms with Crippen molar-refractivity contribution >= 4 is 5.97 Å². The van der Waals surface area contributed by atoms with Crippen molar-refractivity contribution in [2.75, 3.05) is 0 Å². The normalized spacial score (nSPS) is 18.1. The van der Waals surface area contributed by atoms with Crippen molar-refractivity contribution in [3.63, 3.8) is 0 Å². The van der Waals surface area contributed by atoms with Gasteiger partial charge in [0.2, 0.25) is 0 Å². The molecule has 0 heterocycles. The van der Waals surface area contributed by atoms with Gasteiger partial charge in [-0.15, -0.1) is 0 Å². The minimum atomic E-state index is -0.483. The number of carbonyl (C=O) groups is 1. The molecule has 0 rings (SSSR count). The molecule has 3 heteroatoms. The first kappa shape index (κ1) is 17.4. The molecule has 0 amide bonds. The Hall–Kier alpha value is -0.570. The molecule has 0 radical (unpaired) electrons. The lowest BCUT2D eigenvalue weighted by atomic mass is 9.79. The molecule has 0 saturated heterocycles. The lowest BCUT2D eigenvalue weighted by Crippen LogP contribution is -2.51. The van der Waals surface area contributed by atoms with Crippen molar-refractivity contribution in [1.82, 2.24) is 0 Å². The summed E-state index contributed by atoms with van der Waals surface area (Å²) in [5.74, 6) is 0.0954. The molecule has 108 valence electrons. The molecule has 0 aromatic carbocycles. The van der Waals surface area contributed by atoms with E-state index in [2.05, 4.69) is 34.6 Å². The van der Waals surface area contributed by atoms with Crippen molar-refractivity contribution in [3.05, 3.63) is 0 Å². The van der Waals surface area contributed by atoms with Crippen LogP contribution in [0.15, 0.2) is 0 Å². The van der Waals surface area contributed by atoms with Crippen molar-refractivity contribution in [2.45, 2.75) is 74.0 Å². The van der Waals surface area contributed by atoms with Crippen molar-refractivity contribution in [2.24, 2.45) is 22.5 Å². The standard InChI is InChI=1S/C15H31NO2/c1-9-10(2)11(12(16)14(3,4)5)18-13(17)15(6,7)8/h10-12H,9,16H2,1-8H3. The van der Waals surface area contributed by atoms with Gasteiger partial charge in [0.15, 0.2) is 0 Å². The molecule has 2 N–H and O–H groups in total. The van der Waals surface area contributed by atoms with E-state index < -0.39 is 5.41 Å². The van der Waals surface area contributed by atoms with E-state index in [1.807, 2.05) is 20.8 Å². The molecule has 0 aliphatic rings. The van der Waals surface area contributed by atoms with Crippen molar-refractivity contribution < 1.29 is 9.53 Å². The van der Waals surface area contributed by atoms with Gasteiger partial charge >= 0.3 is 5.97 Å². The van der Waals surface area contributed by atoms with Gasteiger partial charge in [0.1, 0.15) is 6.10 Å².